The number of hydrogen-bond donors (Lipinski definition) is 1. The quantitative estimate of drug-likeness (QED) is 0.543. The van der Waals surface area contributed by atoms with E-state index in [-0.39, 0.29) is 11.4 Å². The first kappa shape index (κ1) is 18.0. The molecule has 5 nitrogen and oxygen atoms in total. The number of aromatic nitrogens is 2. The van der Waals surface area contributed by atoms with Crippen molar-refractivity contribution in [3.63, 3.8) is 0 Å². The molecule has 0 saturated heterocycles. The van der Waals surface area contributed by atoms with Gasteiger partial charge in [0, 0.05) is 35.8 Å². The Morgan fingerprint density at radius 1 is 1.17 bits per heavy atom. The normalized spacial score (nSPS) is 14.1. The first-order chi connectivity index (χ1) is 14.2. The largest absolute Gasteiger partial charge is 0.461 e. The second-order valence-electron chi connectivity index (χ2n) is 7.05. The van der Waals surface area contributed by atoms with Gasteiger partial charge in [-0.25, -0.2) is 9.37 Å². The van der Waals surface area contributed by atoms with E-state index in [1.165, 1.54) is 17.0 Å². The SMILES string of the molecule is O=c1[nH]c(-c2ccco2)nc2c1CN(Cc1ccc(-c3ccc(F)cc3)s1)CC2. The molecule has 146 valence electrons. The lowest BCUT2D eigenvalue weighted by Gasteiger charge is -2.27. The highest BCUT2D eigenvalue weighted by Gasteiger charge is 2.22. The molecule has 1 aromatic carbocycles. The predicted octanol–water partition coefficient (Wildman–Crippen LogP) is 4.46. The topological polar surface area (TPSA) is 62.1 Å². The van der Waals surface area contributed by atoms with E-state index in [0.29, 0.717) is 18.1 Å². The van der Waals surface area contributed by atoms with E-state index in [1.807, 2.05) is 0 Å². The van der Waals surface area contributed by atoms with Crippen LogP contribution in [0.1, 0.15) is 16.1 Å². The molecule has 3 aromatic heterocycles. The molecule has 1 aliphatic rings. The summed E-state index contributed by atoms with van der Waals surface area (Å²) in [6.45, 7) is 2.18. The summed E-state index contributed by atoms with van der Waals surface area (Å²) in [5.74, 6) is 0.820. The van der Waals surface area contributed by atoms with Gasteiger partial charge in [-0.1, -0.05) is 12.1 Å². The van der Waals surface area contributed by atoms with Crippen molar-refractivity contribution in [2.24, 2.45) is 0 Å². The van der Waals surface area contributed by atoms with Crippen molar-refractivity contribution < 1.29 is 8.81 Å². The summed E-state index contributed by atoms with van der Waals surface area (Å²) >= 11 is 1.69. The molecule has 7 heteroatoms. The molecule has 0 spiro atoms. The maximum absolute atomic E-state index is 13.1. The van der Waals surface area contributed by atoms with E-state index in [9.17, 15) is 9.18 Å². The Balaban J connectivity index is 1.33. The Morgan fingerprint density at radius 3 is 2.83 bits per heavy atom. The highest BCUT2D eigenvalue weighted by molar-refractivity contribution is 7.15. The van der Waals surface area contributed by atoms with Gasteiger partial charge in [-0.15, -0.1) is 11.3 Å². The van der Waals surface area contributed by atoms with Gasteiger partial charge in [-0.3, -0.25) is 9.69 Å². The predicted molar refractivity (Wildman–Crippen MR) is 110 cm³/mol. The van der Waals surface area contributed by atoms with Crippen LogP contribution in [0, 0.1) is 5.82 Å². The van der Waals surface area contributed by atoms with Crippen molar-refractivity contribution in [1.82, 2.24) is 14.9 Å². The minimum atomic E-state index is -0.230. The number of aromatic amines is 1. The maximum atomic E-state index is 13.1. The zero-order valence-electron chi connectivity index (χ0n) is 15.5. The Kier molecular flexibility index (Phi) is 4.61. The Bertz CT molecular complexity index is 1200. The van der Waals surface area contributed by atoms with Crippen LogP contribution < -0.4 is 5.56 Å². The summed E-state index contributed by atoms with van der Waals surface area (Å²) in [6.07, 6.45) is 2.29. The number of rotatable bonds is 4. The van der Waals surface area contributed by atoms with Gasteiger partial charge in [-0.05, 0) is 42.0 Å². The second kappa shape index (κ2) is 7.42. The molecule has 0 amide bonds. The number of fused-ring (bicyclic) bond motifs is 1. The lowest BCUT2D eigenvalue weighted by molar-refractivity contribution is 0.244. The van der Waals surface area contributed by atoms with Gasteiger partial charge in [0.2, 0.25) is 0 Å². The third kappa shape index (κ3) is 3.66. The molecule has 0 bridgehead atoms. The highest BCUT2D eigenvalue weighted by atomic mass is 32.1. The number of H-pyrrole nitrogens is 1. The third-order valence-electron chi connectivity index (χ3n) is 5.07. The van der Waals surface area contributed by atoms with Crippen LogP contribution in [-0.2, 0) is 19.5 Å². The third-order valence-corrected chi connectivity index (χ3v) is 6.19. The zero-order valence-corrected chi connectivity index (χ0v) is 16.3. The van der Waals surface area contributed by atoms with Crippen LogP contribution in [0.5, 0.6) is 0 Å². The molecule has 0 aliphatic carbocycles. The molecule has 0 saturated carbocycles. The fourth-order valence-electron chi connectivity index (χ4n) is 3.60. The van der Waals surface area contributed by atoms with Crippen molar-refractivity contribution in [3.8, 4) is 22.0 Å². The first-order valence-electron chi connectivity index (χ1n) is 9.39. The fourth-order valence-corrected chi connectivity index (χ4v) is 4.65. The molecule has 29 heavy (non-hydrogen) atoms. The lowest BCUT2D eigenvalue weighted by atomic mass is 10.1. The average Bonchev–Trinajstić information content (AvgIpc) is 3.41. The summed E-state index contributed by atoms with van der Waals surface area (Å²) in [4.78, 5) is 24.6. The molecule has 0 fully saturated rings. The van der Waals surface area contributed by atoms with E-state index in [0.717, 1.165) is 41.2 Å². The summed E-state index contributed by atoms with van der Waals surface area (Å²) in [6, 6.07) is 14.3. The van der Waals surface area contributed by atoms with Gasteiger partial charge < -0.3 is 9.40 Å². The molecular formula is C22H18FN3O2S. The molecule has 1 N–H and O–H groups in total. The first-order valence-corrected chi connectivity index (χ1v) is 10.2. The fraction of sp³-hybridized carbons (Fsp3) is 0.182. The second-order valence-corrected chi connectivity index (χ2v) is 8.22. The molecule has 1 aliphatic heterocycles. The maximum Gasteiger partial charge on any atom is 0.256 e. The Morgan fingerprint density at radius 2 is 2.03 bits per heavy atom. The van der Waals surface area contributed by atoms with Crippen molar-refractivity contribution in [2.45, 2.75) is 19.5 Å². The molecule has 4 heterocycles. The van der Waals surface area contributed by atoms with Crippen LogP contribution in [-0.4, -0.2) is 21.4 Å². The van der Waals surface area contributed by atoms with Crippen molar-refractivity contribution >= 4 is 11.3 Å². The molecule has 5 rings (SSSR count). The summed E-state index contributed by atoms with van der Waals surface area (Å²) in [7, 11) is 0. The number of thiophene rings is 1. The van der Waals surface area contributed by atoms with Gasteiger partial charge in [0.15, 0.2) is 11.6 Å². The van der Waals surface area contributed by atoms with Crippen LogP contribution >= 0.6 is 11.3 Å². The summed E-state index contributed by atoms with van der Waals surface area (Å²) < 4.78 is 18.5. The average molecular weight is 407 g/mol. The van der Waals surface area contributed by atoms with E-state index < -0.39 is 0 Å². The van der Waals surface area contributed by atoms with Gasteiger partial charge >= 0.3 is 0 Å². The Hall–Kier alpha value is -3.03. The minimum absolute atomic E-state index is 0.107. The minimum Gasteiger partial charge on any atom is -0.461 e. The van der Waals surface area contributed by atoms with Crippen LogP contribution in [0.2, 0.25) is 0 Å². The van der Waals surface area contributed by atoms with Crippen LogP contribution in [0.25, 0.3) is 22.0 Å². The van der Waals surface area contributed by atoms with Crippen LogP contribution in [0.3, 0.4) is 0 Å². The molecule has 0 atom stereocenters. The molecule has 4 aromatic rings. The highest BCUT2D eigenvalue weighted by Crippen LogP contribution is 2.30. The number of nitrogens with one attached hydrogen (secondary N) is 1. The summed E-state index contributed by atoms with van der Waals surface area (Å²) in [5.41, 5.74) is 2.47. The molecule has 0 radical (unpaired) electrons. The van der Waals surface area contributed by atoms with Gasteiger partial charge in [0.1, 0.15) is 5.82 Å². The number of nitrogens with zero attached hydrogens (tertiary/aromatic N) is 2. The van der Waals surface area contributed by atoms with E-state index in [4.69, 9.17) is 4.42 Å². The number of furan rings is 1. The molecular weight excluding hydrogens is 389 g/mol. The standard InChI is InChI=1S/C22H18FN3O2S/c23-15-5-3-14(4-6-15)20-8-7-16(29-20)12-26-10-9-18-17(13-26)22(27)25-21(24-18)19-2-1-11-28-19/h1-8,11H,9-10,12-13H2,(H,24,25,27). The van der Waals surface area contributed by atoms with Crippen LogP contribution in [0.4, 0.5) is 4.39 Å². The van der Waals surface area contributed by atoms with E-state index in [1.54, 1.807) is 41.9 Å². The van der Waals surface area contributed by atoms with Crippen LogP contribution in [0.15, 0.2) is 64.0 Å². The van der Waals surface area contributed by atoms with Gasteiger partial charge in [0.05, 0.1) is 17.5 Å². The van der Waals surface area contributed by atoms with Gasteiger partial charge in [0.25, 0.3) is 5.56 Å². The van der Waals surface area contributed by atoms with Crippen molar-refractivity contribution in [1.29, 1.82) is 0 Å². The Labute approximate surface area is 170 Å². The molecule has 0 unspecified atom stereocenters. The zero-order chi connectivity index (χ0) is 19.8. The van der Waals surface area contributed by atoms with E-state index in [2.05, 4.69) is 27.0 Å². The number of hydrogen-bond acceptors (Lipinski definition) is 5. The van der Waals surface area contributed by atoms with Crippen molar-refractivity contribution in [2.75, 3.05) is 6.54 Å². The number of benzene rings is 1. The van der Waals surface area contributed by atoms with E-state index >= 15 is 0 Å². The monoisotopic (exact) mass is 407 g/mol. The number of halogens is 1. The smallest absolute Gasteiger partial charge is 0.256 e. The van der Waals surface area contributed by atoms with Gasteiger partial charge in [-0.2, -0.15) is 0 Å². The van der Waals surface area contributed by atoms with Crippen molar-refractivity contribution in [3.05, 3.63) is 87.1 Å². The summed E-state index contributed by atoms with van der Waals surface area (Å²) in [5, 5.41) is 0. The lowest BCUT2D eigenvalue weighted by Crippen LogP contribution is -2.35.